The molecular weight excluding hydrogens is 302 g/mol. The second-order valence-corrected chi connectivity index (χ2v) is 6.11. The predicted octanol–water partition coefficient (Wildman–Crippen LogP) is 1.73. The van der Waals surface area contributed by atoms with Crippen molar-refractivity contribution in [2.75, 3.05) is 6.54 Å². The van der Waals surface area contributed by atoms with Crippen molar-refractivity contribution in [3.8, 4) is 11.4 Å². The zero-order valence-electron chi connectivity index (χ0n) is 13.6. The third kappa shape index (κ3) is 2.76. The first-order valence-electron chi connectivity index (χ1n) is 8.07. The number of nitrogens with zero attached hydrogens (tertiary/aromatic N) is 4. The summed E-state index contributed by atoms with van der Waals surface area (Å²) in [6.45, 7) is 2.30. The van der Waals surface area contributed by atoms with Gasteiger partial charge in [0.2, 0.25) is 0 Å². The lowest BCUT2D eigenvalue weighted by Crippen LogP contribution is -2.35. The molecule has 0 radical (unpaired) electrons. The second kappa shape index (κ2) is 6.05. The van der Waals surface area contributed by atoms with Gasteiger partial charge in [-0.25, -0.2) is 4.98 Å². The molecule has 0 fully saturated rings. The predicted molar refractivity (Wildman–Crippen MR) is 91.3 cm³/mol. The maximum absolute atomic E-state index is 12.5. The zero-order valence-corrected chi connectivity index (χ0v) is 13.6. The molecule has 122 valence electrons. The summed E-state index contributed by atoms with van der Waals surface area (Å²) >= 11 is 0. The number of benzene rings is 1. The van der Waals surface area contributed by atoms with Crippen LogP contribution in [0.4, 0.5) is 0 Å². The topological polar surface area (TPSA) is 66.8 Å². The minimum Gasteiger partial charge on any atom is -0.306 e. The van der Waals surface area contributed by atoms with Crippen LogP contribution in [0.5, 0.6) is 0 Å². The molecule has 4 rings (SSSR count). The highest BCUT2D eigenvalue weighted by molar-refractivity contribution is 5.54. The summed E-state index contributed by atoms with van der Waals surface area (Å²) in [4.78, 5) is 22.4. The lowest BCUT2D eigenvalue weighted by Gasteiger charge is -2.27. The van der Waals surface area contributed by atoms with E-state index in [0.717, 1.165) is 42.0 Å². The van der Waals surface area contributed by atoms with E-state index in [2.05, 4.69) is 15.0 Å². The van der Waals surface area contributed by atoms with Gasteiger partial charge < -0.3 is 4.98 Å². The van der Waals surface area contributed by atoms with Crippen LogP contribution < -0.4 is 5.56 Å². The smallest absolute Gasteiger partial charge is 0.255 e. The van der Waals surface area contributed by atoms with Gasteiger partial charge in [-0.15, -0.1) is 0 Å². The van der Waals surface area contributed by atoms with Crippen LogP contribution in [-0.4, -0.2) is 31.2 Å². The molecule has 3 heterocycles. The normalized spacial score (nSPS) is 14.5. The Morgan fingerprint density at radius 2 is 2.04 bits per heavy atom. The van der Waals surface area contributed by atoms with Gasteiger partial charge in [0.05, 0.1) is 17.0 Å². The SMILES string of the molecule is Cn1nccc1CN1CCc2nc(-c3ccccc3)[nH]c(=O)c2C1. The van der Waals surface area contributed by atoms with Crippen molar-refractivity contribution in [2.45, 2.75) is 19.5 Å². The Morgan fingerprint density at radius 1 is 1.21 bits per heavy atom. The second-order valence-electron chi connectivity index (χ2n) is 6.11. The number of nitrogens with one attached hydrogen (secondary N) is 1. The van der Waals surface area contributed by atoms with Crippen molar-refractivity contribution >= 4 is 0 Å². The van der Waals surface area contributed by atoms with Crippen LogP contribution in [0.1, 0.15) is 17.0 Å². The van der Waals surface area contributed by atoms with Gasteiger partial charge >= 0.3 is 0 Å². The molecule has 1 aliphatic rings. The lowest BCUT2D eigenvalue weighted by atomic mass is 10.1. The molecule has 24 heavy (non-hydrogen) atoms. The minimum absolute atomic E-state index is 0.0337. The van der Waals surface area contributed by atoms with Crippen molar-refractivity contribution in [3.63, 3.8) is 0 Å². The summed E-state index contributed by atoms with van der Waals surface area (Å²) in [6, 6.07) is 11.8. The van der Waals surface area contributed by atoms with Crippen LogP contribution in [-0.2, 0) is 26.6 Å². The first-order valence-corrected chi connectivity index (χ1v) is 8.07. The van der Waals surface area contributed by atoms with Crippen molar-refractivity contribution in [1.29, 1.82) is 0 Å². The molecule has 0 bridgehead atoms. The molecule has 0 unspecified atom stereocenters. The molecule has 1 aliphatic heterocycles. The first-order chi connectivity index (χ1) is 11.7. The third-order valence-electron chi connectivity index (χ3n) is 4.50. The van der Waals surface area contributed by atoms with E-state index in [-0.39, 0.29) is 5.56 Å². The zero-order chi connectivity index (χ0) is 16.5. The number of hydrogen-bond acceptors (Lipinski definition) is 4. The van der Waals surface area contributed by atoms with Gasteiger partial charge in [0, 0.05) is 44.9 Å². The van der Waals surface area contributed by atoms with Crippen LogP contribution in [0.3, 0.4) is 0 Å². The van der Waals surface area contributed by atoms with E-state index >= 15 is 0 Å². The molecule has 2 aromatic heterocycles. The molecule has 0 amide bonds. The van der Waals surface area contributed by atoms with Gasteiger partial charge in [0.15, 0.2) is 0 Å². The largest absolute Gasteiger partial charge is 0.306 e. The quantitative estimate of drug-likeness (QED) is 0.798. The Balaban J connectivity index is 1.61. The van der Waals surface area contributed by atoms with Gasteiger partial charge in [0.25, 0.3) is 5.56 Å². The first kappa shape index (κ1) is 14.8. The highest BCUT2D eigenvalue weighted by Crippen LogP contribution is 2.19. The number of aromatic amines is 1. The Kier molecular flexibility index (Phi) is 3.74. The summed E-state index contributed by atoms with van der Waals surface area (Å²) in [5.74, 6) is 0.652. The molecule has 0 aliphatic carbocycles. The Labute approximate surface area is 139 Å². The minimum atomic E-state index is -0.0337. The summed E-state index contributed by atoms with van der Waals surface area (Å²) in [7, 11) is 1.94. The molecular formula is C18H19N5O. The maximum Gasteiger partial charge on any atom is 0.255 e. The van der Waals surface area contributed by atoms with Gasteiger partial charge in [-0.2, -0.15) is 5.10 Å². The Morgan fingerprint density at radius 3 is 2.79 bits per heavy atom. The van der Waals surface area contributed by atoms with Crippen molar-refractivity contribution in [1.82, 2.24) is 24.6 Å². The molecule has 0 spiro atoms. The van der Waals surface area contributed by atoms with Crippen LogP contribution in [0.25, 0.3) is 11.4 Å². The van der Waals surface area contributed by atoms with E-state index in [1.165, 1.54) is 0 Å². The number of aromatic nitrogens is 4. The van der Waals surface area contributed by atoms with Crippen molar-refractivity contribution in [2.24, 2.45) is 7.05 Å². The van der Waals surface area contributed by atoms with Crippen LogP contribution in [0.15, 0.2) is 47.4 Å². The average molecular weight is 321 g/mol. The molecule has 0 saturated carbocycles. The molecule has 6 heteroatoms. The van der Waals surface area contributed by atoms with Crippen molar-refractivity contribution < 1.29 is 0 Å². The number of hydrogen-bond donors (Lipinski definition) is 1. The van der Waals surface area contributed by atoms with E-state index in [0.29, 0.717) is 12.4 Å². The fourth-order valence-electron chi connectivity index (χ4n) is 3.13. The number of fused-ring (bicyclic) bond motifs is 1. The Hall–Kier alpha value is -2.73. The van der Waals surface area contributed by atoms with Crippen molar-refractivity contribution in [3.05, 3.63) is 69.9 Å². The average Bonchev–Trinajstić information content (AvgIpc) is 3.01. The fourth-order valence-corrected chi connectivity index (χ4v) is 3.13. The third-order valence-corrected chi connectivity index (χ3v) is 4.50. The van der Waals surface area contributed by atoms with Gasteiger partial charge in [-0.05, 0) is 6.07 Å². The van der Waals surface area contributed by atoms with E-state index in [1.54, 1.807) is 6.20 Å². The van der Waals surface area contributed by atoms with Gasteiger partial charge in [-0.1, -0.05) is 30.3 Å². The maximum atomic E-state index is 12.5. The van der Waals surface area contributed by atoms with Crippen LogP contribution >= 0.6 is 0 Å². The lowest BCUT2D eigenvalue weighted by molar-refractivity contribution is 0.235. The fraction of sp³-hybridized carbons (Fsp3) is 0.278. The molecule has 0 atom stereocenters. The van der Waals surface area contributed by atoms with Gasteiger partial charge in [-0.3, -0.25) is 14.4 Å². The Bertz CT molecular complexity index is 913. The van der Waals surface area contributed by atoms with E-state index < -0.39 is 0 Å². The molecule has 1 N–H and O–H groups in total. The molecule has 0 saturated heterocycles. The van der Waals surface area contributed by atoms with Crippen LogP contribution in [0.2, 0.25) is 0 Å². The highest BCUT2D eigenvalue weighted by Gasteiger charge is 2.22. The van der Waals surface area contributed by atoms with Crippen LogP contribution in [0, 0.1) is 0 Å². The number of aryl methyl sites for hydroxylation is 1. The van der Waals surface area contributed by atoms with E-state index in [9.17, 15) is 4.79 Å². The highest BCUT2D eigenvalue weighted by atomic mass is 16.1. The summed E-state index contributed by atoms with van der Waals surface area (Å²) in [5.41, 5.74) is 3.74. The molecule has 3 aromatic rings. The number of rotatable bonds is 3. The summed E-state index contributed by atoms with van der Waals surface area (Å²) in [5, 5.41) is 4.20. The number of H-pyrrole nitrogens is 1. The van der Waals surface area contributed by atoms with E-state index in [1.807, 2.05) is 48.1 Å². The summed E-state index contributed by atoms with van der Waals surface area (Å²) < 4.78 is 1.87. The monoisotopic (exact) mass is 321 g/mol. The van der Waals surface area contributed by atoms with Gasteiger partial charge in [0.1, 0.15) is 5.82 Å². The van der Waals surface area contributed by atoms with E-state index in [4.69, 9.17) is 4.98 Å². The summed E-state index contributed by atoms with van der Waals surface area (Å²) in [6.07, 6.45) is 2.59. The standard InChI is InChI=1S/C18H19N5O/c1-22-14(7-9-19-22)11-23-10-8-16-15(12-23)18(24)21-17(20-16)13-5-3-2-4-6-13/h2-7,9H,8,10-12H2,1H3,(H,20,21,24). The molecule has 1 aromatic carbocycles. The molecule has 6 nitrogen and oxygen atoms in total.